The summed E-state index contributed by atoms with van der Waals surface area (Å²) < 4.78 is 0. The maximum absolute atomic E-state index is 11.9. The van der Waals surface area contributed by atoms with Crippen molar-refractivity contribution < 1.29 is 9.63 Å². The molecule has 0 aromatic heterocycles. The van der Waals surface area contributed by atoms with Crippen LogP contribution in [-0.4, -0.2) is 18.0 Å². The minimum Gasteiger partial charge on any atom is -0.303 e. The zero-order valence-electron chi connectivity index (χ0n) is 10.0. The molecule has 1 saturated heterocycles. The fourth-order valence-electron chi connectivity index (χ4n) is 1.96. The SMILES string of the molecule is CC1(C(=O)NOCc2ccccc2)CCCN1. The third-order valence-electron chi connectivity index (χ3n) is 3.12. The molecule has 17 heavy (non-hydrogen) atoms. The lowest BCUT2D eigenvalue weighted by Gasteiger charge is -2.22. The smallest absolute Gasteiger partial charge is 0.263 e. The first kappa shape index (κ1) is 12.1. The van der Waals surface area contributed by atoms with E-state index in [4.69, 9.17) is 4.84 Å². The van der Waals surface area contributed by atoms with Crippen molar-refractivity contribution in [2.75, 3.05) is 6.54 Å². The Balaban J connectivity index is 1.77. The molecule has 1 aliphatic heterocycles. The van der Waals surface area contributed by atoms with E-state index in [0.717, 1.165) is 24.9 Å². The summed E-state index contributed by atoms with van der Waals surface area (Å²) in [7, 11) is 0. The van der Waals surface area contributed by atoms with Crippen molar-refractivity contribution in [2.24, 2.45) is 0 Å². The van der Waals surface area contributed by atoms with Crippen LogP contribution in [0.15, 0.2) is 30.3 Å². The average Bonchev–Trinajstić information content (AvgIpc) is 2.79. The highest BCUT2D eigenvalue weighted by atomic mass is 16.6. The molecule has 1 amide bonds. The molecule has 0 bridgehead atoms. The first-order valence-corrected chi connectivity index (χ1v) is 5.92. The monoisotopic (exact) mass is 234 g/mol. The van der Waals surface area contributed by atoms with E-state index >= 15 is 0 Å². The minimum absolute atomic E-state index is 0.0917. The van der Waals surface area contributed by atoms with Crippen molar-refractivity contribution in [3.8, 4) is 0 Å². The molecule has 1 heterocycles. The van der Waals surface area contributed by atoms with Crippen LogP contribution in [0.4, 0.5) is 0 Å². The van der Waals surface area contributed by atoms with E-state index < -0.39 is 5.54 Å². The molecular formula is C13H18N2O2. The fourth-order valence-corrected chi connectivity index (χ4v) is 1.96. The Morgan fingerprint density at radius 2 is 2.24 bits per heavy atom. The predicted octanol–water partition coefficient (Wildman–Crippen LogP) is 1.38. The van der Waals surface area contributed by atoms with Crippen LogP contribution in [0.25, 0.3) is 0 Å². The molecule has 2 N–H and O–H groups in total. The van der Waals surface area contributed by atoms with Gasteiger partial charge in [0.2, 0.25) is 0 Å². The van der Waals surface area contributed by atoms with Crippen LogP contribution < -0.4 is 10.8 Å². The second-order valence-electron chi connectivity index (χ2n) is 4.57. The van der Waals surface area contributed by atoms with Gasteiger partial charge in [-0.3, -0.25) is 9.63 Å². The summed E-state index contributed by atoms with van der Waals surface area (Å²) in [6.07, 6.45) is 1.89. The number of amides is 1. The standard InChI is InChI=1S/C13H18N2O2/c1-13(8-5-9-14-13)12(16)15-17-10-11-6-3-2-4-7-11/h2-4,6-7,14H,5,8-10H2,1H3,(H,15,16). The van der Waals surface area contributed by atoms with E-state index in [1.807, 2.05) is 37.3 Å². The summed E-state index contributed by atoms with van der Waals surface area (Å²) in [6, 6.07) is 9.76. The molecule has 1 atom stereocenters. The Morgan fingerprint density at radius 1 is 1.47 bits per heavy atom. The quantitative estimate of drug-likeness (QED) is 0.774. The maximum Gasteiger partial charge on any atom is 0.263 e. The van der Waals surface area contributed by atoms with E-state index in [-0.39, 0.29) is 5.91 Å². The van der Waals surface area contributed by atoms with Crippen molar-refractivity contribution in [3.63, 3.8) is 0 Å². The number of hydrogen-bond acceptors (Lipinski definition) is 3. The maximum atomic E-state index is 11.9. The number of hydroxylamine groups is 1. The van der Waals surface area contributed by atoms with Crippen molar-refractivity contribution in [1.82, 2.24) is 10.8 Å². The van der Waals surface area contributed by atoms with E-state index in [1.54, 1.807) is 0 Å². The topological polar surface area (TPSA) is 50.4 Å². The van der Waals surface area contributed by atoms with Gasteiger partial charge in [-0.1, -0.05) is 30.3 Å². The molecule has 1 fully saturated rings. The molecule has 2 rings (SSSR count). The van der Waals surface area contributed by atoms with Gasteiger partial charge in [0.1, 0.15) is 0 Å². The largest absolute Gasteiger partial charge is 0.303 e. The Kier molecular flexibility index (Phi) is 3.76. The molecule has 0 radical (unpaired) electrons. The summed E-state index contributed by atoms with van der Waals surface area (Å²) in [5.41, 5.74) is 3.08. The van der Waals surface area contributed by atoms with Crippen molar-refractivity contribution in [1.29, 1.82) is 0 Å². The number of hydrogen-bond donors (Lipinski definition) is 2. The van der Waals surface area contributed by atoms with Gasteiger partial charge in [-0.2, -0.15) is 0 Å². The summed E-state index contributed by atoms with van der Waals surface area (Å²) in [5, 5.41) is 3.19. The second kappa shape index (κ2) is 5.29. The van der Waals surface area contributed by atoms with Gasteiger partial charge in [0, 0.05) is 0 Å². The highest BCUT2D eigenvalue weighted by Gasteiger charge is 2.35. The Morgan fingerprint density at radius 3 is 2.88 bits per heavy atom. The van der Waals surface area contributed by atoms with Crippen LogP contribution in [0, 0.1) is 0 Å². The van der Waals surface area contributed by atoms with Crippen LogP contribution in [0.3, 0.4) is 0 Å². The first-order valence-electron chi connectivity index (χ1n) is 5.92. The van der Waals surface area contributed by atoms with Gasteiger partial charge in [-0.25, -0.2) is 5.48 Å². The van der Waals surface area contributed by atoms with E-state index in [9.17, 15) is 4.79 Å². The van der Waals surface area contributed by atoms with Gasteiger partial charge in [0.05, 0.1) is 12.1 Å². The minimum atomic E-state index is -0.476. The highest BCUT2D eigenvalue weighted by Crippen LogP contribution is 2.18. The summed E-state index contributed by atoms with van der Waals surface area (Å²) >= 11 is 0. The fraction of sp³-hybridized carbons (Fsp3) is 0.462. The number of carbonyl (C=O) groups is 1. The summed E-state index contributed by atoms with van der Waals surface area (Å²) in [4.78, 5) is 17.1. The van der Waals surface area contributed by atoms with E-state index in [0.29, 0.717) is 6.61 Å². The average molecular weight is 234 g/mol. The zero-order valence-corrected chi connectivity index (χ0v) is 10.0. The molecule has 0 aliphatic carbocycles. The molecule has 92 valence electrons. The lowest BCUT2D eigenvalue weighted by atomic mass is 10.0. The highest BCUT2D eigenvalue weighted by molar-refractivity contribution is 5.85. The molecular weight excluding hydrogens is 216 g/mol. The third kappa shape index (κ3) is 3.05. The van der Waals surface area contributed by atoms with Crippen molar-refractivity contribution in [2.45, 2.75) is 31.9 Å². The first-order chi connectivity index (χ1) is 8.21. The predicted molar refractivity (Wildman–Crippen MR) is 65.0 cm³/mol. The molecule has 4 nitrogen and oxygen atoms in total. The number of carbonyl (C=O) groups excluding carboxylic acids is 1. The van der Waals surface area contributed by atoms with Crippen molar-refractivity contribution >= 4 is 5.91 Å². The second-order valence-corrected chi connectivity index (χ2v) is 4.57. The van der Waals surface area contributed by atoms with Crippen LogP contribution in [0.5, 0.6) is 0 Å². The van der Waals surface area contributed by atoms with Gasteiger partial charge in [0.25, 0.3) is 5.91 Å². The molecule has 1 aromatic rings. The molecule has 1 aliphatic rings. The Hall–Kier alpha value is -1.39. The number of nitrogens with one attached hydrogen (secondary N) is 2. The lowest BCUT2D eigenvalue weighted by molar-refractivity contribution is -0.140. The van der Waals surface area contributed by atoms with Gasteiger partial charge in [0.15, 0.2) is 0 Å². The van der Waals surface area contributed by atoms with E-state index in [2.05, 4.69) is 10.8 Å². The molecule has 4 heteroatoms. The zero-order chi connectivity index (χ0) is 12.1. The van der Waals surface area contributed by atoms with Gasteiger partial charge in [-0.15, -0.1) is 0 Å². The van der Waals surface area contributed by atoms with Crippen LogP contribution >= 0.6 is 0 Å². The van der Waals surface area contributed by atoms with Gasteiger partial charge >= 0.3 is 0 Å². The Bertz CT molecular complexity index is 372. The Labute approximate surface area is 101 Å². The summed E-state index contributed by atoms with van der Waals surface area (Å²) in [5.74, 6) is -0.0917. The number of rotatable bonds is 4. The molecule has 1 aromatic carbocycles. The normalized spacial score (nSPS) is 23.6. The third-order valence-corrected chi connectivity index (χ3v) is 3.12. The van der Waals surface area contributed by atoms with E-state index in [1.165, 1.54) is 0 Å². The van der Waals surface area contributed by atoms with Gasteiger partial charge < -0.3 is 5.32 Å². The van der Waals surface area contributed by atoms with Crippen LogP contribution in [0.2, 0.25) is 0 Å². The van der Waals surface area contributed by atoms with Crippen LogP contribution in [-0.2, 0) is 16.2 Å². The van der Waals surface area contributed by atoms with Crippen molar-refractivity contribution in [3.05, 3.63) is 35.9 Å². The molecule has 1 unspecified atom stereocenters. The van der Waals surface area contributed by atoms with Gasteiger partial charge in [-0.05, 0) is 31.9 Å². The van der Waals surface area contributed by atoms with Crippen LogP contribution in [0.1, 0.15) is 25.3 Å². The molecule has 0 saturated carbocycles. The molecule has 0 spiro atoms. The summed E-state index contributed by atoms with van der Waals surface area (Å²) in [6.45, 7) is 3.19. The lowest BCUT2D eigenvalue weighted by Crippen LogP contribution is -2.51. The number of benzene rings is 1.